The van der Waals surface area contributed by atoms with E-state index in [1.165, 1.54) is 6.07 Å². The van der Waals surface area contributed by atoms with Crippen molar-refractivity contribution in [2.75, 3.05) is 25.0 Å². The lowest BCUT2D eigenvalue weighted by Gasteiger charge is -2.41. The second-order valence-electron chi connectivity index (χ2n) is 5.90. The number of amides is 2. The fourth-order valence-electron chi connectivity index (χ4n) is 2.83. The van der Waals surface area contributed by atoms with Crippen LogP contribution in [-0.4, -0.2) is 31.1 Å². The number of rotatable bonds is 3. The van der Waals surface area contributed by atoms with Gasteiger partial charge in [0.25, 0.3) is 0 Å². The number of hydrogen-bond donors (Lipinski definition) is 0. The fraction of sp³-hybridized carbons (Fsp3) is 0.278. The Bertz CT molecular complexity index is 699. The molecule has 0 atom stereocenters. The van der Waals surface area contributed by atoms with Crippen LogP contribution in [0.25, 0.3) is 0 Å². The zero-order chi connectivity index (χ0) is 16.4. The maximum atomic E-state index is 13.2. The van der Waals surface area contributed by atoms with Gasteiger partial charge >= 0.3 is 6.03 Å². The summed E-state index contributed by atoms with van der Waals surface area (Å²) in [5.41, 5.74) is 1.61. The zero-order valence-corrected chi connectivity index (χ0v) is 12.9. The van der Waals surface area contributed by atoms with Crippen molar-refractivity contribution < 1.29 is 13.6 Å². The van der Waals surface area contributed by atoms with Crippen LogP contribution in [-0.2, 0) is 6.42 Å². The van der Waals surface area contributed by atoms with E-state index in [2.05, 4.69) is 0 Å². The van der Waals surface area contributed by atoms with E-state index in [1.807, 2.05) is 30.3 Å². The van der Waals surface area contributed by atoms with E-state index >= 15 is 0 Å². The maximum absolute atomic E-state index is 13.2. The topological polar surface area (TPSA) is 23.6 Å². The minimum absolute atomic E-state index is 0.0438. The van der Waals surface area contributed by atoms with Crippen molar-refractivity contribution in [3.63, 3.8) is 0 Å². The van der Waals surface area contributed by atoms with E-state index in [1.54, 1.807) is 22.9 Å². The first kappa shape index (κ1) is 15.5. The third-order valence-electron chi connectivity index (χ3n) is 4.17. The molecule has 1 aliphatic heterocycles. The second kappa shape index (κ2) is 6.36. The lowest BCUT2D eigenvalue weighted by molar-refractivity contribution is 0.126. The Morgan fingerprint density at radius 3 is 2.48 bits per heavy atom. The number of halogens is 2. The number of hydrogen-bond acceptors (Lipinski definition) is 1. The van der Waals surface area contributed by atoms with Gasteiger partial charge in [-0.05, 0) is 42.2 Å². The van der Waals surface area contributed by atoms with Crippen LogP contribution < -0.4 is 4.90 Å². The first-order valence-electron chi connectivity index (χ1n) is 7.56. The van der Waals surface area contributed by atoms with Gasteiger partial charge in [-0.3, -0.25) is 4.90 Å². The molecule has 3 rings (SSSR count). The van der Waals surface area contributed by atoms with Gasteiger partial charge in [-0.2, -0.15) is 0 Å². The highest BCUT2D eigenvalue weighted by Gasteiger charge is 2.32. The van der Waals surface area contributed by atoms with Crippen molar-refractivity contribution in [2.24, 2.45) is 5.92 Å². The number of benzene rings is 2. The van der Waals surface area contributed by atoms with Crippen molar-refractivity contribution >= 4 is 11.7 Å². The minimum Gasteiger partial charge on any atom is -0.324 e. The van der Waals surface area contributed by atoms with Crippen LogP contribution in [0.3, 0.4) is 0 Å². The fourth-order valence-corrected chi connectivity index (χ4v) is 2.83. The predicted molar refractivity (Wildman–Crippen MR) is 85.4 cm³/mol. The summed E-state index contributed by atoms with van der Waals surface area (Å²) in [7, 11) is 1.75. The highest BCUT2D eigenvalue weighted by Crippen LogP contribution is 2.24. The number of carbonyl (C=O) groups is 1. The molecule has 2 aromatic rings. The van der Waals surface area contributed by atoms with Gasteiger partial charge in [0, 0.05) is 25.8 Å². The number of urea groups is 1. The number of carbonyl (C=O) groups excluding carboxylic acids is 1. The number of para-hydroxylation sites is 1. The Balaban J connectivity index is 1.54. The molecule has 1 heterocycles. The number of nitrogens with zero attached hydrogens (tertiary/aromatic N) is 2. The molecule has 2 aromatic carbocycles. The van der Waals surface area contributed by atoms with Gasteiger partial charge in [0.15, 0.2) is 11.6 Å². The summed E-state index contributed by atoms with van der Waals surface area (Å²) in [6.45, 7) is 1.27. The molecule has 23 heavy (non-hydrogen) atoms. The standard InChI is InChI=1S/C18H18F2N2O/c1-21(15-5-3-2-4-6-15)18(23)22-11-14(12-22)9-13-7-8-16(19)17(20)10-13/h2-8,10,14H,9,11-12H2,1H3. The average molecular weight is 316 g/mol. The first-order chi connectivity index (χ1) is 11.0. The monoisotopic (exact) mass is 316 g/mol. The average Bonchev–Trinajstić information content (AvgIpc) is 2.53. The van der Waals surface area contributed by atoms with Crippen molar-refractivity contribution in [1.82, 2.24) is 4.90 Å². The Morgan fingerprint density at radius 1 is 1.13 bits per heavy atom. The van der Waals surface area contributed by atoms with Crippen molar-refractivity contribution in [2.45, 2.75) is 6.42 Å². The van der Waals surface area contributed by atoms with Gasteiger partial charge in [-0.25, -0.2) is 13.6 Å². The molecule has 0 N–H and O–H groups in total. The Hall–Kier alpha value is -2.43. The lowest BCUT2D eigenvalue weighted by Crippen LogP contribution is -2.54. The minimum atomic E-state index is -0.830. The van der Waals surface area contributed by atoms with Gasteiger partial charge in [-0.1, -0.05) is 24.3 Å². The molecule has 0 spiro atoms. The van der Waals surface area contributed by atoms with Gasteiger partial charge in [0.05, 0.1) is 0 Å². The van der Waals surface area contributed by atoms with E-state index < -0.39 is 11.6 Å². The Morgan fingerprint density at radius 2 is 1.83 bits per heavy atom. The lowest BCUT2D eigenvalue weighted by atomic mass is 9.92. The highest BCUT2D eigenvalue weighted by atomic mass is 19.2. The molecule has 5 heteroatoms. The van der Waals surface area contributed by atoms with Gasteiger partial charge in [-0.15, -0.1) is 0 Å². The summed E-state index contributed by atoms with van der Waals surface area (Å²) >= 11 is 0. The molecule has 3 nitrogen and oxygen atoms in total. The normalized spacial score (nSPS) is 14.5. The van der Waals surface area contributed by atoms with Gasteiger partial charge in [0.2, 0.25) is 0 Å². The van der Waals surface area contributed by atoms with E-state index in [4.69, 9.17) is 0 Å². The quantitative estimate of drug-likeness (QED) is 0.847. The smallest absolute Gasteiger partial charge is 0.324 e. The molecule has 0 saturated carbocycles. The van der Waals surface area contributed by atoms with Crippen molar-refractivity contribution in [1.29, 1.82) is 0 Å². The molecule has 0 radical (unpaired) electrons. The molecule has 1 fully saturated rings. The summed E-state index contributed by atoms with van der Waals surface area (Å²) < 4.78 is 26.1. The van der Waals surface area contributed by atoms with Gasteiger partial charge < -0.3 is 4.90 Å². The third kappa shape index (κ3) is 3.33. The van der Waals surface area contributed by atoms with E-state index in [0.29, 0.717) is 19.5 Å². The molecule has 120 valence electrons. The van der Waals surface area contributed by atoms with Crippen LogP contribution in [0.15, 0.2) is 48.5 Å². The van der Waals surface area contributed by atoms with Crippen LogP contribution >= 0.6 is 0 Å². The van der Waals surface area contributed by atoms with Crippen LogP contribution in [0.1, 0.15) is 5.56 Å². The molecule has 2 amide bonds. The number of anilines is 1. The molecule has 0 aliphatic carbocycles. The summed E-state index contributed by atoms with van der Waals surface area (Å²) in [6, 6.07) is 13.4. The van der Waals surface area contributed by atoms with Crippen LogP contribution in [0.2, 0.25) is 0 Å². The van der Waals surface area contributed by atoms with E-state index in [-0.39, 0.29) is 11.9 Å². The molecule has 1 saturated heterocycles. The molecular formula is C18H18F2N2O. The molecule has 0 aromatic heterocycles. The van der Waals surface area contributed by atoms with E-state index in [0.717, 1.165) is 17.3 Å². The molecular weight excluding hydrogens is 298 g/mol. The zero-order valence-electron chi connectivity index (χ0n) is 12.9. The van der Waals surface area contributed by atoms with Gasteiger partial charge in [0.1, 0.15) is 0 Å². The highest BCUT2D eigenvalue weighted by molar-refractivity contribution is 5.91. The SMILES string of the molecule is CN(C(=O)N1CC(Cc2ccc(F)c(F)c2)C1)c1ccccc1. The third-order valence-corrected chi connectivity index (χ3v) is 4.17. The van der Waals surface area contributed by atoms with Crippen molar-refractivity contribution in [3.05, 3.63) is 65.7 Å². The summed E-state index contributed by atoms with van der Waals surface area (Å²) in [4.78, 5) is 15.7. The molecule has 1 aliphatic rings. The first-order valence-corrected chi connectivity index (χ1v) is 7.56. The number of likely N-dealkylation sites (tertiary alicyclic amines) is 1. The van der Waals surface area contributed by atoms with E-state index in [9.17, 15) is 13.6 Å². The Labute approximate surface area is 134 Å². The Kier molecular flexibility index (Phi) is 4.28. The van der Waals surface area contributed by atoms with Crippen LogP contribution in [0, 0.1) is 17.6 Å². The largest absolute Gasteiger partial charge is 0.324 e. The summed E-state index contributed by atoms with van der Waals surface area (Å²) in [5.74, 6) is -1.37. The second-order valence-corrected chi connectivity index (χ2v) is 5.90. The van der Waals surface area contributed by atoms with Crippen LogP contribution in [0.5, 0.6) is 0 Å². The van der Waals surface area contributed by atoms with Crippen LogP contribution in [0.4, 0.5) is 19.3 Å². The molecule has 0 unspecified atom stereocenters. The molecule has 0 bridgehead atoms. The maximum Gasteiger partial charge on any atom is 0.324 e. The summed E-state index contributed by atoms with van der Waals surface area (Å²) in [6.07, 6.45) is 0.649. The van der Waals surface area contributed by atoms with Crippen molar-refractivity contribution in [3.8, 4) is 0 Å². The summed E-state index contributed by atoms with van der Waals surface area (Å²) in [5, 5.41) is 0. The predicted octanol–water partition coefficient (Wildman–Crippen LogP) is 3.70.